The summed E-state index contributed by atoms with van der Waals surface area (Å²) < 4.78 is 6.31. The van der Waals surface area contributed by atoms with Crippen LogP contribution in [0.5, 0.6) is 0 Å². The Kier molecular flexibility index (Phi) is 4.56. The maximum Gasteiger partial charge on any atom is 0.140 e. The minimum atomic E-state index is 0.854. The molecule has 0 amide bonds. The van der Waals surface area contributed by atoms with E-state index in [1.165, 1.54) is 0 Å². The normalized spacial score (nSPS) is 17.3. The van der Waals surface area contributed by atoms with Crippen molar-refractivity contribution in [2.75, 3.05) is 44.7 Å². The molecule has 0 radical (unpaired) electrons. The summed E-state index contributed by atoms with van der Waals surface area (Å²) in [6, 6.07) is 3.90. The third-order valence-electron chi connectivity index (χ3n) is 2.58. The van der Waals surface area contributed by atoms with Crippen molar-refractivity contribution in [3.05, 3.63) is 22.8 Å². The highest BCUT2D eigenvalue weighted by Gasteiger charge is 2.09. The summed E-state index contributed by atoms with van der Waals surface area (Å²) in [5.41, 5.74) is 0. The average Bonchev–Trinajstić information content (AvgIpc) is 2.33. The second-order valence-electron chi connectivity index (χ2n) is 3.71. The number of anilines is 1. The molecule has 5 heteroatoms. The molecule has 2 heterocycles. The predicted molar refractivity (Wildman–Crippen MR) is 67.7 cm³/mol. The van der Waals surface area contributed by atoms with Crippen LogP contribution in [0.3, 0.4) is 0 Å². The largest absolute Gasteiger partial charge is 0.379 e. The summed E-state index contributed by atoms with van der Waals surface area (Å²) in [5.74, 6) is 0.913. The van der Waals surface area contributed by atoms with Crippen LogP contribution in [0.1, 0.15) is 0 Å². The topological polar surface area (TPSA) is 37.4 Å². The van der Waals surface area contributed by atoms with Crippen molar-refractivity contribution in [1.82, 2.24) is 9.88 Å². The van der Waals surface area contributed by atoms with Gasteiger partial charge in [0.05, 0.1) is 17.7 Å². The zero-order chi connectivity index (χ0) is 11.2. The lowest BCUT2D eigenvalue weighted by Gasteiger charge is -2.26. The zero-order valence-corrected chi connectivity index (χ0v) is 10.7. The van der Waals surface area contributed by atoms with Gasteiger partial charge in [-0.3, -0.25) is 4.90 Å². The summed E-state index contributed by atoms with van der Waals surface area (Å²) in [5, 5.41) is 3.32. The quantitative estimate of drug-likeness (QED) is 0.912. The number of hydrogen-bond donors (Lipinski definition) is 1. The van der Waals surface area contributed by atoms with Crippen LogP contribution in [0.25, 0.3) is 0 Å². The summed E-state index contributed by atoms with van der Waals surface area (Å²) in [7, 11) is 0. The van der Waals surface area contributed by atoms with Crippen molar-refractivity contribution in [1.29, 1.82) is 0 Å². The molecule has 1 aromatic rings. The number of halogens is 1. The Hall–Kier alpha value is -0.650. The standard InChI is InChI=1S/C11H16BrN3O/c12-10-2-1-3-13-11(10)14-4-5-15-6-8-16-9-7-15/h1-3H,4-9H2,(H,13,14). The molecule has 0 aromatic carbocycles. The monoisotopic (exact) mass is 285 g/mol. The van der Waals surface area contributed by atoms with Gasteiger partial charge in [-0.2, -0.15) is 0 Å². The first-order chi connectivity index (χ1) is 7.86. The van der Waals surface area contributed by atoms with Gasteiger partial charge < -0.3 is 10.1 Å². The summed E-state index contributed by atoms with van der Waals surface area (Å²) >= 11 is 3.46. The van der Waals surface area contributed by atoms with Gasteiger partial charge in [0.25, 0.3) is 0 Å². The molecule has 0 spiro atoms. The van der Waals surface area contributed by atoms with Gasteiger partial charge in [-0.05, 0) is 28.1 Å². The van der Waals surface area contributed by atoms with Gasteiger partial charge in [0, 0.05) is 32.4 Å². The first-order valence-corrected chi connectivity index (χ1v) is 6.30. The fourth-order valence-electron chi connectivity index (χ4n) is 1.67. The molecule has 0 bridgehead atoms. The molecule has 4 nitrogen and oxygen atoms in total. The molecule has 88 valence electrons. The fraction of sp³-hybridized carbons (Fsp3) is 0.545. The van der Waals surface area contributed by atoms with Crippen LogP contribution >= 0.6 is 15.9 Å². The number of rotatable bonds is 4. The molecule has 0 atom stereocenters. The van der Waals surface area contributed by atoms with Crippen molar-refractivity contribution in [2.24, 2.45) is 0 Å². The Labute approximate surface area is 104 Å². The molecule has 0 aliphatic carbocycles. The van der Waals surface area contributed by atoms with Crippen LogP contribution in [0.4, 0.5) is 5.82 Å². The summed E-state index contributed by atoms with van der Waals surface area (Å²) in [6.45, 7) is 5.72. The number of hydrogen-bond acceptors (Lipinski definition) is 4. The molecular formula is C11H16BrN3O. The lowest BCUT2D eigenvalue weighted by Crippen LogP contribution is -2.39. The Morgan fingerprint density at radius 1 is 1.44 bits per heavy atom. The lowest BCUT2D eigenvalue weighted by molar-refractivity contribution is 0.0398. The van der Waals surface area contributed by atoms with E-state index in [1.54, 1.807) is 6.20 Å². The third-order valence-corrected chi connectivity index (χ3v) is 3.22. The minimum absolute atomic E-state index is 0.854. The SMILES string of the molecule is Brc1cccnc1NCCN1CCOCC1. The van der Waals surface area contributed by atoms with Crippen LogP contribution in [0.15, 0.2) is 22.8 Å². The van der Waals surface area contributed by atoms with E-state index in [2.05, 4.69) is 31.1 Å². The Balaban J connectivity index is 1.73. The molecule has 1 saturated heterocycles. The molecule has 1 aliphatic rings. The van der Waals surface area contributed by atoms with Gasteiger partial charge in [0.1, 0.15) is 5.82 Å². The summed E-state index contributed by atoms with van der Waals surface area (Å²) in [6.07, 6.45) is 1.79. The van der Waals surface area contributed by atoms with E-state index in [0.29, 0.717) is 0 Å². The fourth-order valence-corrected chi connectivity index (χ4v) is 2.07. The van der Waals surface area contributed by atoms with E-state index in [4.69, 9.17) is 4.74 Å². The first kappa shape index (κ1) is 11.8. The molecule has 16 heavy (non-hydrogen) atoms. The molecule has 1 N–H and O–H groups in total. The molecule has 1 fully saturated rings. The molecule has 2 rings (SSSR count). The smallest absolute Gasteiger partial charge is 0.140 e. The van der Waals surface area contributed by atoms with Gasteiger partial charge >= 0.3 is 0 Å². The van der Waals surface area contributed by atoms with Gasteiger partial charge in [-0.1, -0.05) is 0 Å². The third kappa shape index (κ3) is 3.43. The maximum absolute atomic E-state index is 5.30. The zero-order valence-electron chi connectivity index (χ0n) is 9.16. The number of ether oxygens (including phenoxy) is 1. The van der Waals surface area contributed by atoms with E-state index >= 15 is 0 Å². The van der Waals surface area contributed by atoms with E-state index < -0.39 is 0 Å². The highest BCUT2D eigenvalue weighted by Crippen LogP contribution is 2.17. The summed E-state index contributed by atoms with van der Waals surface area (Å²) in [4.78, 5) is 6.66. The van der Waals surface area contributed by atoms with Crippen LogP contribution in [0.2, 0.25) is 0 Å². The van der Waals surface area contributed by atoms with Crippen molar-refractivity contribution in [3.63, 3.8) is 0 Å². The number of aromatic nitrogens is 1. The van der Waals surface area contributed by atoms with E-state index in [0.717, 1.165) is 49.7 Å². The average molecular weight is 286 g/mol. The molecular weight excluding hydrogens is 270 g/mol. The molecule has 0 unspecified atom stereocenters. The first-order valence-electron chi connectivity index (χ1n) is 5.51. The highest BCUT2D eigenvalue weighted by atomic mass is 79.9. The van der Waals surface area contributed by atoms with Crippen molar-refractivity contribution >= 4 is 21.7 Å². The van der Waals surface area contributed by atoms with Crippen LogP contribution < -0.4 is 5.32 Å². The Morgan fingerprint density at radius 3 is 3.00 bits per heavy atom. The molecule has 1 aromatic heterocycles. The van der Waals surface area contributed by atoms with E-state index in [9.17, 15) is 0 Å². The van der Waals surface area contributed by atoms with Crippen LogP contribution in [0, 0.1) is 0 Å². The minimum Gasteiger partial charge on any atom is -0.379 e. The lowest BCUT2D eigenvalue weighted by atomic mass is 10.4. The second-order valence-corrected chi connectivity index (χ2v) is 4.57. The predicted octanol–water partition coefficient (Wildman–Crippen LogP) is 1.59. The van der Waals surface area contributed by atoms with Crippen molar-refractivity contribution < 1.29 is 4.74 Å². The van der Waals surface area contributed by atoms with Crippen LogP contribution in [-0.2, 0) is 4.74 Å². The second kappa shape index (κ2) is 6.18. The van der Waals surface area contributed by atoms with Crippen molar-refractivity contribution in [2.45, 2.75) is 0 Å². The van der Waals surface area contributed by atoms with Crippen molar-refractivity contribution in [3.8, 4) is 0 Å². The van der Waals surface area contributed by atoms with Crippen LogP contribution in [-0.4, -0.2) is 49.3 Å². The van der Waals surface area contributed by atoms with Gasteiger partial charge in [-0.15, -0.1) is 0 Å². The maximum atomic E-state index is 5.30. The number of pyridine rings is 1. The number of nitrogens with one attached hydrogen (secondary N) is 1. The van der Waals surface area contributed by atoms with Gasteiger partial charge in [0.15, 0.2) is 0 Å². The van der Waals surface area contributed by atoms with E-state index in [1.807, 2.05) is 12.1 Å². The molecule has 1 aliphatic heterocycles. The molecule has 0 saturated carbocycles. The Morgan fingerprint density at radius 2 is 2.25 bits per heavy atom. The van der Waals surface area contributed by atoms with Gasteiger partial charge in [0.2, 0.25) is 0 Å². The number of morpholine rings is 1. The number of nitrogens with zero attached hydrogens (tertiary/aromatic N) is 2. The van der Waals surface area contributed by atoms with Gasteiger partial charge in [-0.25, -0.2) is 4.98 Å². The Bertz CT molecular complexity index is 329. The van der Waals surface area contributed by atoms with E-state index in [-0.39, 0.29) is 0 Å². The highest BCUT2D eigenvalue weighted by molar-refractivity contribution is 9.10.